The molecule has 2 aromatic rings. The first-order valence-electron chi connectivity index (χ1n) is 9.28. The van der Waals surface area contributed by atoms with Crippen molar-refractivity contribution in [3.63, 3.8) is 0 Å². The largest absolute Gasteiger partial charge is 0.367 e. The Kier molecular flexibility index (Phi) is 6.80. The highest BCUT2D eigenvalue weighted by atomic mass is 16.3. The van der Waals surface area contributed by atoms with Gasteiger partial charge in [0, 0.05) is 29.0 Å². The van der Waals surface area contributed by atoms with Gasteiger partial charge in [-0.25, -0.2) is 0 Å². The molecular weight excluding hydrogens is 376 g/mol. The van der Waals surface area contributed by atoms with Gasteiger partial charge in [0.05, 0.1) is 0 Å². The summed E-state index contributed by atoms with van der Waals surface area (Å²) in [7, 11) is 0. The second-order valence-corrected chi connectivity index (χ2v) is 7.38. The molecule has 1 unspecified atom stereocenters. The lowest BCUT2D eigenvalue weighted by atomic mass is 9.98. The van der Waals surface area contributed by atoms with Gasteiger partial charge in [0.1, 0.15) is 0 Å². The molecule has 0 saturated carbocycles. The van der Waals surface area contributed by atoms with E-state index in [1.807, 2.05) is 62.4 Å². The third-order valence-electron chi connectivity index (χ3n) is 4.77. The highest BCUT2D eigenvalue weighted by Crippen LogP contribution is 2.29. The molecule has 0 bridgehead atoms. The summed E-state index contributed by atoms with van der Waals surface area (Å²) in [6.45, 7) is 9.38. The van der Waals surface area contributed by atoms with Crippen LogP contribution in [0.1, 0.15) is 36.6 Å². The van der Waals surface area contributed by atoms with Gasteiger partial charge < -0.3 is 15.7 Å². The Bertz CT molecular complexity index is 1030. The Morgan fingerprint density at radius 1 is 0.833 bits per heavy atom. The van der Waals surface area contributed by atoms with Crippen LogP contribution in [0.3, 0.4) is 0 Å². The number of allylic oxidation sites excluding steroid dienone is 1. The molecule has 2 aromatic carbocycles. The molecule has 4 rings (SSSR count). The molecule has 0 saturated heterocycles. The summed E-state index contributed by atoms with van der Waals surface area (Å²) in [4.78, 5) is 22.2. The summed E-state index contributed by atoms with van der Waals surface area (Å²) >= 11 is 0. The van der Waals surface area contributed by atoms with Gasteiger partial charge in [0.2, 0.25) is 11.8 Å². The molecule has 30 heavy (non-hydrogen) atoms. The minimum atomic E-state index is -1.26. The zero-order valence-electron chi connectivity index (χ0n) is 16.7. The van der Waals surface area contributed by atoms with Crippen molar-refractivity contribution < 1.29 is 14.7 Å². The van der Waals surface area contributed by atoms with Gasteiger partial charge >= 0.3 is 0 Å². The summed E-state index contributed by atoms with van der Waals surface area (Å²) in [5, 5.41) is 15.1. The van der Waals surface area contributed by atoms with Crippen LogP contribution in [0.25, 0.3) is 11.1 Å². The normalized spacial score (nSPS) is 19.7. The van der Waals surface area contributed by atoms with Crippen molar-refractivity contribution in [1.29, 1.82) is 0 Å². The summed E-state index contributed by atoms with van der Waals surface area (Å²) in [6, 6.07) is 15.7. The molecule has 0 aromatic heterocycles. The molecular formula is C25H28N2O3. The number of hydrogen-bond donors (Lipinski definition) is 3. The predicted octanol–water partition coefficient (Wildman–Crippen LogP) is 3.87. The van der Waals surface area contributed by atoms with Crippen molar-refractivity contribution in [2.24, 2.45) is 0 Å². The molecule has 156 valence electrons. The van der Waals surface area contributed by atoms with Crippen molar-refractivity contribution in [2.45, 2.75) is 33.9 Å². The summed E-state index contributed by atoms with van der Waals surface area (Å²) < 4.78 is 0. The lowest BCUT2D eigenvalue weighted by Gasteiger charge is -2.21. The number of hydrogen-bond acceptors (Lipinski definition) is 3. The van der Waals surface area contributed by atoms with Crippen LogP contribution in [0.4, 0.5) is 0 Å². The van der Waals surface area contributed by atoms with Crippen molar-refractivity contribution in [3.8, 4) is 0 Å². The number of carbonyl (C=O) groups excluding carboxylic acids is 2. The van der Waals surface area contributed by atoms with Crippen LogP contribution in [-0.2, 0) is 9.59 Å². The number of aryl methyl sites for hydroxylation is 2. The maximum atomic E-state index is 11.2. The average molecular weight is 405 g/mol. The van der Waals surface area contributed by atoms with E-state index in [2.05, 4.69) is 17.2 Å². The lowest BCUT2D eigenvalue weighted by Crippen LogP contribution is -2.40. The van der Waals surface area contributed by atoms with Crippen molar-refractivity contribution >= 4 is 23.0 Å². The first-order chi connectivity index (χ1) is 13.7. The fraction of sp³-hybridized carbons (Fsp3) is 0.200. The number of amides is 2. The van der Waals surface area contributed by atoms with Crippen LogP contribution in [0.5, 0.6) is 0 Å². The van der Waals surface area contributed by atoms with Crippen molar-refractivity contribution in [1.82, 2.24) is 10.6 Å². The second kappa shape index (κ2) is 8.93. The fourth-order valence-electron chi connectivity index (χ4n) is 3.17. The van der Waals surface area contributed by atoms with E-state index in [1.165, 1.54) is 11.6 Å². The highest BCUT2D eigenvalue weighted by Gasteiger charge is 2.34. The van der Waals surface area contributed by atoms with Gasteiger partial charge in [-0.05, 0) is 31.9 Å². The van der Waals surface area contributed by atoms with Crippen LogP contribution in [0, 0.1) is 13.8 Å². The van der Waals surface area contributed by atoms with E-state index in [9.17, 15) is 14.7 Å². The van der Waals surface area contributed by atoms with Crippen LogP contribution >= 0.6 is 0 Å². The first-order valence-corrected chi connectivity index (χ1v) is 9.28. The lowest BCUT2D eigenvalue weighted by molar-refractivity contribution is -0.119. The van der Waals surface area contributed by atoms with Crippen LogP contribution < -0.4 is 10.6 Å². The summed E-state index contributed by atoms with van der Waals surface area (Å²) in [5.74, 6) is -0.346. The van der Waals surface area contributed by atoms with Crippen LogP contribution in [-0.4, -0.2) is 22.6 Å². The Balaban J connectivity index is 0.000000207. The molecule has 2 aliphatic rings. The van der Waals surface area contributed by atoms with Crippen LogP contribution in [0.2, 0.25) is 0 Å². The smallest absolute Gasteiger partial charge is 0.249 e. The molecule has 1 atom stereocenters. The number of rotatable bonds is 2. The summed E-state index contributed by atoms with van der Waals surface area (Å²) in [6.07, 6.45) is 3.01. The van der Waals surface area contributed by atoms with Gasteiger partial charge in [-0.3, -0.25) is 9.59 Å². The molecule has 0 fully saturated rings. The van der Waals surface area contributed by atoms with Gasteiger partial charge in [-0.15, -0.1) is 0 Å². The van der Waals surface area contributed by atoms with Crippen molar-refractivity contribution in [2.75, 3.05) is 0 Å². The maximum Gasteiger partial charge on any atom is 0.249 e. The van der Waals surface area contributed by atoms with Crippen LogP contribution in [0.15, 0.2) is 73.0 Å². The average Bonchev–Trinajstić information content (AvgIpc) is 3.13. The topological polar surface area (TPSA) is 78.4 Å². The standard InChI is InChI=1S/C12H13NO2.C12H11NO.CH4/c1-8-3-5-9(6-4-8)10-7-11(14)13-12(10,2)15;1-8-3-5-10(6-4-8)11-7-12(14)13-9(11)2;/h3-7,15H,1-2H3,(H,13,14);3-7H,2H2,1H3,(H,13,14);1H4. The molecule has 5 nitrogen and oxygen atoms in total. The second-order valence-electron chi connectivity index (χ2n) is 7.38. The summed E-state index contributed by atoms with van der Waals surface area (Å²) in [5.41, 5.74) is 5.17. The minimum Gasteiger partial charge on any atom is -0.367 e. The molecule has 2 aliphatic heterocycles. The molecule has 2 heterocycles. The van der Waals surface area contributed by atoms with Gasteiger partial charge in [-0.2, -0.15) is 0 Å². The number of aliphatic hydroxyl groups is 1. The van der Waals surface area contributed by atoms with Gasteiger partial charge in [0.25, 0.3) is 0 Å². The number of benzene rings is 2. The SMILES string of the molecule is C.C=C1NC(=O)C=C1c1ccc(C)cc1.Cc1ccc(C2=CC(=O)NC2(C)O)cc1. The van der Waals surface area contributed by atoms with E-state index in [0.717, 1.165) is 22.3 Å². The molecule has 0 spiro atoms. The predicted molar refractivity (Wildman–Crippen MR) is 121 cm³/mol. The molecule has 0 aliphatic carbocycles. The van der Waals surface area contributed by atoms with E-state index < -0.39 is 5.72 Å². The number of carbonyl (C=O) groups is 2. The Hall–Kier alpha value is -3.44. The Morgan fingerprint density at radius 3 is 1.73 bits per heavy atom. The highest BCUT2D eigenvalue weighted by molar-refractivity contribution is 6.06. The van der Waals surface area contributed by atoms with E-state index in [0.29, 0.717) is 11.3 Å². The zero-order valence-corrected chi connectivity index (χ0v) is 16.7. The van der Waals surface area contributed by atoms with Gasteiger partial charge in [-0.1, -0.05) is 73.7 Å². The fourth-order valence-corrected chi connectivity index (χ4v) is 3.17. The first kappa shape index (κ1) is 22.8. The zero-order chi connectivity index (χ0) is 21.2. The van der Waals surface area contributed by atoms with Gasteiger partial charge in [0.15, 0.2) is 5.72 Å². The Labute approximate surface area is 177 Å². The molecule has 5 heteroatoms. The molecule has 0 radical (unpaired) electrons. The maximum absolute atomic E-state index is 11.2. The third kappa shape index (κ3) is 5.13. The number of nitrogens with one attached hydrogen (secondary N) is 2. The van der Waals surface area contributed by atoms with E-state index in [4.69, 9.17) is 0 Å². The Morgan fingerprint density at radius 2 is 1.33 bits per heavy atom. The monoisotopic (exact) mass is 404 g/mol. The van der Waals surface area contributed by atoms with E-state index >= 15 is 0 Å². The van der Waals surface area contributed by atoms with Crippen molar-refractivity contribution in [3.05, 3.63) is 95.2 Å². The van der Waals surface area contributed by atoms with E-state index in [-0.39, 0.29) is 19.2 Å². The molecule has 2 amide bonds. The molecule has 3 N–H and O–H groups in total. The minimum absolute atomic E-state index is 0. The third-order valence-corrected chi connectivity index (χ3v) is 4.77. The quantitative estimate of drug-likeness (QED) is 0.711. The van der Waals surface area contributed by atoms with E-state index in [1.54, 1.807) is 13.0 Å².